The largest absolute Gasteiger partial charge is 0.480 e. The number of para-hydroxylation sites is 1. The minimum absolute atomic E-state index is 0.00114. The molecule has 1 rings (SSSR count). The summed E-state index contributed by atoms with van der Waals surface area (Å²) in [5.41, 5.74) is 0.916. The van der Waals surface area contributed by atoms with Gasteiger partial charge in [-0.25, -0.2) is 0 Å². The first-order valence-electron chi connectivity index (χ1n) is 6.33. The fourth-order valence-electron chi connectivity index (χ4n) is 1.62. The molecule has 0 bridgehead atoms. The molecule has 0 unspecified atom stereocenters. The van der Waals surface area contributed by atoms with Gasteiger partial charge in [-0.05, 0) is 18.6 Å². The van der Waals surface area contributed by atoms with Gasteiger partial charge in [-0.2, -0.15) is 0 Å². The minimum atomic E-state index is -0.826. The van der Waals surface area contributed by atoms with Gasteiger partial charge < -0.3 is 14.7 Å². The summed E-state index contributed by atoms with van der Waals surface area (Å²) < 4.78 is 5.47. The molecule has 4 heteroatoms. The van der Waals surface area contributed by atoms with E-state index in [0.29, 0.717) is 13.2 Å². The summed E-state index contributed by atoms with van der Waals surface area (Å²) in [5.74, 6) is -0.826. The number of carboxylic acid groups (broad SMARTS) is 1. The number of benzene rings is 1. The standard InChI is InChI=1S/C14H21NO3/c1-2-3-10-18-11-9-15(12-14(16)17)13-7-5-4-6-8-13/h4-8H,2-3,9-12H2,1H3,(H,16,17). The highest BCUT2D eigenvalue weighted by Gasteiger charge is 2.09. The van der Waals surface area contributed by atoms with Gasteiger partial charge in [-0.15, -0.1) is 0 Å². The fourth-order valence-corrected chi connectivity index (χ4v) is 1.62. The molecule has 1 N–H and O–H groups in total. The Morgan fingerprint density at radius 2 is 2.00 bits per heavy atom. The Kier molecular flexibility index (Phi) is 6.87. The van der Waals surface area contributed by atoms with Crippen LogP contribution in [0.25, 0.3) is 0 Å². The third-order valence-corrected chi connectivity index (χ3v) is 2.60. The second-order valence-electron chi connectivity index (χ2n) is 4.12. The second-order valence-corrected chi connectivity index (χ2v) is 4.12. The Morgan fingerprint density at radius 1 is 1.28 bits per heavy atom. The number of nitrogens with zero attached hydrogens (tertiary/aromatic N) is 1. The normalized spacial score (nSPS) is 10.3. The van der Waals surface area contributed by atoms with Crippen LogP contribution in [0.4, 0.5) is 5.69 Å². The van der Waals surface area contributed by atoms with E-state index >= 15 is 0 Å². The third-order valence-electron chi connectivity index (χ3n) is 2.60. The second kappa shape index (κ2) is 8.53. The Morgan fingerprint density at radius 3 is 2.61 bits per heavy atom. The van der Waals surface area contributed by atoms with Crippen LogP contribution in [0, 0.1) is 0 Å². The molecule has 4 nitrogen and oxygen atoms in total. The lowest BCUT2D eigenvalue weighted by atomic mass is 10.3. The SMILES string of the molecule is CCCCOCCN(CC(=O)O)c1ccccc1. The first-order valence-corrected chi connectivity index (χ1v) is 6.33. The molecule has 0 aliphatic carbocycles. The van der Waals surface area contributed by atoms with Crippen molar-refractivity contribution < 1.29 is 14.6 Å². The van der Waals surface area contributed by atoms with Gasteiger partial charge in [0, 0.05) is 18.8 Å². The maximum Gasteiger partial charge on any atom is 0.323 e. The smallest absolute Gasteiger partial charge is 0.323 e. The number of aliphatic carboxylic acids is 1. The van der Waals surface area contributed by atoms with Crippen molar-refractivity contribution in [3.05, 3.63) is 30.3 Å². The van der Waals surface area contributed by atoms with E-state index in [9.17, 15) is 4.79 Å². The molecule has 0 heterocycles. The molecule has 0 radical (unpaired) electrons. The number of hydrogen-bond acceptors (Lipinski definition) is 3. The van der Waals surface area contributed by atoms with Crippen molar-refractivity contribution in [2.75, 3.05) is 31.2 Å². The van der Waals surface area contributed by atoms with Gasteiger partial charge in [-0.1, -0.05) is 31.5 Å². The van der Waals surface area contributed by atoms with Crippen molar-refractivity contribution in [2.24, 2.45) is 0 Å². The molecule has 100 valence electrons. The summed E-state index contributed by atoms with van der Waals surface area (Å²) in [6, 6.07) is 9.55. The lowest BCUT2D eigenvalue weighted by molar-refractivity contribution is -0.135. The van der Waals surface area contributed by atoms with Crippen molar-refractivity contribution in [1.29, 1.82) is 0 Å². The number of hydrogen-bond donors (Lipinski definition) is 1. The lowest BCUT2D eigenvalue weighted by Crippen LogP contribution is -2.32. The Hall–Kier alpha value is -1.55. The zero-order valence-electron chi connectivity index (χ0n) is 10.8. The molecule has 18 heavy (non-hydrogen) atoms. The van der Waals surface area contributed by atoms with Gasteiger partial charge in [0.2, 0.25) is 0 Å². The topological polar surface area (TPSA) is 49.8 Å². The Labute approximate surface area is 108 Å². The molecule has 0 saturated carbocycles. The highest BCUT2D eigenvalue weighted by molar-refractivity contribution is 5.73. The van der Waals surface area contributed by atoms with E-state index in [1.54, 1.807) is 0 Å². The van der Waals surface area contributed by atoms with Crippen LogP contribution in [-0.2, 0) is 9.53 Å². The predicted molar refractivity (Wildman–Crippen MR) is 72.0 cm³/mol. The molecule has 0 amide bonds. The van der Waals surface area contributed by atoms with Crippen LogP contribution in [-0.4, -0.2) is 37.4 Å². The highest BCUT2D eigenvalue weighted by Crippen LogP contribution is 2.12. The molecule has 0 aliphatic rings. The molecule has 0 aliphatic heterocycles. The number of carboxylic acids is 1. The summed E-state index contributed by atoms with van der Waals surface area (Å²) in [4.78, 5) is 12.6. The fraction of sp³-hybridized carbons (Fsp3) is 0.500. The van der Waals surface area contributed by atoms with Gasteiger partial charge in [-0.3, -0.25) is 4.79 Å². The first-order chi connectivity index (χ1) is 8.74. The van der Waals surface area contributed by atoms with Crippen LogP contribution in [0.2, 0.25) is 0 Å². The van der Waals surface area contributed by atoms with E-state index in [2.05, 4.69) is 6.92 Å². The molecule has 0 fully saturated rings. The maximum absolute atomic E-state index is 10.8. The van der Waals surface area contributed by atoms with E-state index in [4.69, 9.17) is 9.84 Å². The quantitative estimate of drug-likeness (QED) is 0.685. The molecular weight excluding hydrogens is 230 g/mol. The minimum Gasteiger partial charge on any atom is -0.480 e. The number of anilines is 1. The lowest BCUT2D eigenvalue weighted by Gasteiger charge is -2.22. The highest BCUT2D eigenvalue weighted by atomic mass is 16.5. The first kappa shape index (κ1) is 14.5. The predicted octanol–water partition coefficient (Wildman–Crippen LogP) is 2.39. The molecule has 1 aromatic carbocycles. The van der Waals surface area contributed by atoms with Gasteiger partial charge in [0.1, 0.15) is 6.54 Å². The molecule has 0 spiro atoms. The van der Waals surface area contributed by atoms with Crippen molar-refractivity contribution >= 4 is 11.7 Å². The maximum atomic E-state index is 10.8. The van der Waals surface area contributed by atoms with E-state index in [1.807, 2.05) is 35.2 Å². The summed E-state index contributed by atoms with van der Waals surface area (Å²) in [6.45, 7) is 4.01. The molecular formula is C14H21NO3. The van der Waals surface area contributed by atoms with Crippen LogP contribution < -0.4 is 4.90 Å². The van der Waals surface area contributed by atoms with Crippen LogP contribution in [0.5, 0.6) is 0 Å². The Balaban J connectivity index is 2.44. The Bertz CT molecular complexity index is 340. The van der Waals surface area contributed by atoms with E-state index < -0.39 is 5.97 Å². The third kappa shape index (κ3) is 5.68. The van der Waals surface area contributed by atoms with E-state index in [0.717, 1.165) is 25.1 Å². The van der Waals surface area contributed by atoms with Gasteiger partial charge in [0.15, 0.2) is 0 Å². The average Bonchev–Trinajstić information content (AvgIpc) is 2.38. The average molecular weight is 251 g/mol. The van der Waals surface area contributed by atoms with Gasteiger partial charge in [0.25, 0.3) is 0 Å². The summed E-state index contributed by atoms with van der Waals surface area (Å²) in [7, 11) is 0. The summed E-state index contributed by atoms with van der Waals surface area (Å²) in [6.07, 6.45) is 2.15. The van der Waals surface area contributed by atoms with E-state index in [1.165, 1.54) is 0 Å². The number of ether oxygens (including phenoxy) is 1. The van der Waals surface area contributed by atoms with Crippen LogP contribution >= 0.6 is 0 Å². The number of rotatable bonds is 9. The summed E-state index contributed by atoms with van der Waals surface area (Å²) in [5, 5.41) is 8.90. The zero-order valence-corrected chi connectivity index (χ0v) is 10.8. The number of carbonyl (C=O) groups is 1. The van der Waals surface area contributed by atoms with Gasteiger partial charge in [0.05, 0.1) is 6.61 Å². The summed E-state index contributed by atoms with van der Waals surface area (Å²) >= 11 is 0. The molecule has 0 saturated heterocycles. The van der Waals surface area contributed by atoms with Crippen molar-refractivity contribution in [1.82, 2.24) is 0 Å². The molecule has 0 aromatic heterocycles. The molecule has 1 aromatic rings. The van der Waals surface area contributed by atoms with Crippen LogP contribution in [0.15, 0.2) is 30.3 Å². The van der Waals surface area contributed by atoms with Crippen LogP contribution in [0.3, 0.4) is 0 Å². The van der Waals surface area contributed by atoms with Crippen LogP contribution in [0.1, 0.15) is 19.8 Å². The van der Waals surface area contributed by atoms with E-state index in [-0.39, 0.29) is 6.54 Å². The van der Waals surface area contributed by atoms with Crippen molar-refractivity contribution in [3.63, 3.8) is 0 Å². The van der Waals surface area contributed by atoms with Crippen molar-refractivity contribution in [2.45, 2.75) is 19.8 Å². The number of unbranched alkanes of at least 4 members (excludes halogenated alkanes) is 1. The molecule has 0 atom stereocenters. The zero-order chi connectivity index (χ0) is 13.2. The van der Waals surface area contributed by atoms with Crippen molar-refractivity contribution in [3.8, 4) is 0 Å². The monoisotopic (exact) mass is 251 g/mol. The van der Waals surface area contributed by atoms with Gasteiger partial charge >= 0.3 is 5.97 Å².